The summed E-state index contributed by atoms with van der Waals surface area (Å²) < 4.78 is 31.4. The summed E-state index contributed by atoms with van der Waals surface area (Å²) in [5, 5.41) is 3.51. The zero-order valence-corrected chi connectivity index (χ0v) is 18.7. The first kappa shape index (κ1) is 23.0. The van der Waals surface area contributed by atoms with Gasteiger partial charge in [-0.25, -0.2) is 8.42 Å². The van der Waals surface area contributed by atoms with Crippen molar-refractivity contribution in [3.8, 4) is 5.75 Å². The molecule has 0 saturated heterocycles. The van der Waals surface area contributed by atoms with Crippen LogP contribution in [0.2, 0.25) is 5.02 Å². The second kappa shape index (κ2) is 9.98. The first-order valence-electron chi connectivity index (χ1n) is 9.30. The van der Waals surface area contributed by atoms with Crippen molar-refractivity contribution in [1.82, 2.24) is 5.32 Å². The zero-order valence-electron chi connectivity index (χ0n) is 17.1. The summed E-state index contributed by atoms with van der Waals surface area (Å²) in [6, 6.07) is 11.8. The van der Waals surface area contributed by atoms with Crippen molar-refractivity contribution in [3.63, 3.8) is 0 Å². The van der Waals surface area contributed by atoms with Crippen LogP contribution >= 0.6 is 11.6 Å². The highest BCUT2D eigenvalue weighted by Crippen LogP contribution is 2.32. The Morgan fingerprint density at radius 1 is 1.24 bits per heavy atom. The largest absolute Gasteiger partial charge is 0.495 e. The van der Waals surface area contributed by atoms with E-state index in [0.29, 0.717) is 29.4 Å². The van der Waals surface area contributed by atoms with Crippen LogP contribution in [0, 0.1) is 6.92 Å². The number of hydrogen-bond donors (Lipinski definition) is 1. The van der Waals surface area contributed by atoms with Crippen LogP contribution in [0.15, 0.2) is 42.5 Å². The molecule has 2 aromatic carbocycles. The van der Waals surface area contributed by atoms with E-state index >= 15 is 0 Å². The van der Waals surface area contributed by atoms with Gasteiger partial charge < -0.3 is 10.1 Å². The van der Waals surface area contributed by atoms with Crippen molar-refractivity contribution >= 4 is 33.2 Å². The number of hydrogen-bond acceptors (Lipinski definition) is 4. The van der Waals surface area contributed by atoms with Crippen molar-refractivity contribution in [3.05, 3.63) is 58.6 Å². The molecule has 0 aliphatic rings. The van der Waals surface area contributed by atoms with Crippen molar-refractivity contribution in [2.24, 2.45) is 0 Å². The lowest BCUT2D eigenvalue weighted by molar-refractivity contribution is -0.121. The number of rotatable bonds is 9. The number of anilines is 1. The fraction of sp³-hybridized carbons (Fsp3) is 0.381. The predicted octanol–water partition coefficient (Wildman–Crippen LogP) is 3.56. The molecule has 1 N–H and O–H groups in total. The third kappa shape index (κ3) is 6.11. The van der Waals surface area contributed by atoms with Gasteiger partial charge in [0.1, 0.15) is 11.8 Å². The van der Waals surface area contributed by atoms with Gasteiger partial charge in [-0.2, -0.15) is 0 Å². The summed E-state index contributed by atoms with van der Waals surface area (Å²) in [7, 11) is -2.25. The summed E-state index contributed by atoms with van der Waals surface area (Å²) in [5.74, 6) is 0.0116. The molecular weight excluding hydrogens is 412 g/mol. The van der Waals surface area contributed by atoms with E-state index in [1.807, 2.05) is 37.3 Å². The van der Waals surface area contributed by atoms with Gasteiger partial charge in [0.15, 0.2) is 0 Å². The normalized spacial score (nSPS) is 12.3. The Hall–Kier alpha value is -2.25. The number of benzene rings is 2. The molecule has 0 unspecified atom stereocenters. The van der Waals surface area contributed by atoms with Crippen LogP contribution in [0.1, 0.15) is 24.5 Å². The highest BCUT2D eigenvalue weighted by molar-refractivity contribution is 7.92. The third-order valence-electron chi connectivity index (χ3n) is 4.54. The maximum absolute atomic E-state index is 12.7. The Labute approximate surface area is 177 Å². The van der Waals surface area contributed by atoms with Gasteiger partial charge in [-0.15, -0.1) is 0 Å². The number of ether oxygens (including phenoxy) is 1. The van der Waals surface area contributed by atoms with E-state index < -0.39 is 16.1 Å². The maximum Gasteiger partial charge on any atom is 0.243 e. The molecule has 0 radical (unpaired) electrons. The van der Waals surface area contributed by atoms with Gasteiger partial charge in [0, 0.05) is 11.6 Å². The Morgan fingerprint density at radius 2 is 1.93 bits per heavy atom. The highest BCUT2D eigenvalue weighted by atomic mass is 35.5. The van der Waals surface area contributed by atoms with Crippen LogP contribution in [0.3, 0.4) is 0 Å². The highest BCUT2D eigenvalue weighted by Gasteiger charge is 2.31. The fourth-order valence-electron chi connectivity index (χ4n) is 3.09. The van der Waals surface area contributed by atoms with Crippen molar-refractivity contribution in [2.45, 2.75) is 32.7 Å². The lowest BCUT2D eigenvalue weighted by Crippen LogP contribution is -2.48. The van der Waals surface area contributed by atoms with Crippen molar-refractivity contribution in [2.75, 3.05) is 24.2 Å². The molecule has 8 heteroatoms. The van der Waals surface area contributed by atoms with E-state index in [9.17, 15) is 13.2 Å². The van der Waals surface area contributed by atoms with E-state index in [2.05, 4.69) is 5.32 Å². The molecule has 6 nitrogen and oxygen atoms in total. The molecular formula is C21H27ClN2O4S. The lowest BCUT2D eigenvalue weighted by atomic mass is 10.1. The first-order chi connectivity index (χ1) is 13.6. The number of aryl methyl sites for hydroxylation is 2. The molecule has 158 valence electrons. The molecule has 0 aliphatic carbocycles. The molecule has 0 saturated carbocycles. The summed E-state index contributed by atoms with van der Waals surface area (Å²) in [4.78, 5) is 12.7. The summed E-state index contributed by atoms with van der Waals surface area (Å²) in [6.07, 6.45) is 2.49. The van der Waals surface area contributed by atoms with E-state index in [-0.39, 0.29) is 5.91 Å². The summed E-state index contributed by atoms with van der Waals surface area (Å²) in [5.41, 5.74) is 2.22. The van der Waals surface area contributed by atoms with Crippen LogP contribution in [-0.4, -0.2) is 40.3 Å². The number of carbonyl (C=O) groups is 1. The van der Waals surface area contributed by atoms with Crippen molar-refractivity contribution < 1.29 is 17.9 Å². The molecule has 29 heavy (non-hydrogen) atoms. The number of nitrogens with zero attached hydrogens (tertiary/aromatic N) is 1. The molecule has 1 amide bonds. The van der Waals surface area contributed by atoms with Crippen LogP contribution < -0.4 is 14.4 Å². The number of nitrogens with one attached hydrogen (secondary N) is 1. The number of carbonyl (C=O) groups excluding carboxylic acids is 1. The van der Waals surface area contributed by atoms with E-state index in [0.717, 1.165) is 28.1 Å². The molecule has 0 heterocycles. The molecule has 0 aromatic heterocycles. The standard InChI is InChI=1S/C21H27ClN2O4S/c1-15-11-12-20(28-3)19(14-15)24(29(4,26)27)16(2)21(25)23-13-7-9-17-8-5-6-10-18(17)22/h5-6,8,10-12,14,16H,7,9,13H2,1-4H3,(H,23,25)/t16-/m1/s1. The average molecular weight is 439 g/mol. The number of amides is 1. The van der Waals surface area contributed by atoms with E-state index in [4.69, 9.17) is 16.3 Å². The second-order valence-electron chi connectivity index (χ2n) is 6.90. The third-order valence-corrected chi connectivity index (χ3v) is 6.14. The van der Waals surface area contributed by atoms with Gasteiger partial charge >= 0.3 is 0 Å². The minimum absolute atomic E-state index is 0.341. The topological polar surface area (TPSA) is 75.7 Å². The van der Waals surface area contributed by atoms with Gasteiger partial charge in [0.2, 0.25) is 15.9 Å². The number of methoxy groups -OCH3 is 1. The summed E-state index contributed by atoms with van der Waals surface area (Å²) >= 11 is 6.14. The number of sulfonamides is 1. The quantitative estimate of drug-likeness (QED) is 0.607. The second-order valence-corrected chi connectivity index (χ2v) is 9.16. The fourth-order valence-corrected chi connectivity index (χ4v) is 4.49. The smallest absolute Gasteiger partial charge is 0.243 e. The molecule has 2 aromatic rings. The van der Waals surface area contributed by atoms with Gasteiger partial charge in [-0.3, -0.25) is 9.10 Å². The molecule has 0 bridgehead atoms. The van der Waals surface area contributed by atoms with Gasteiger partial charge in [0.05, 0.1) is 19.1 Å². The van der Waals surface area contributed by atoms with Crippen molar-refractivity contribution in [1.29, 1.82) is 0 Å². The van der Waals surface area contributed by atoms with Crippen LogP contribution in [0.5, 0.6) is 5.75 Å². The summed E-state index contributed by atoms with van der Waals surface area (Å²) in [6.45, 7) is 3.83. The predicted molar refractivity (Wildman–Crippen MR) is 117 cm³/mol. The molecule has 0 aliphatic heterocycles. The Morgan fingerprint density at radius 3 is 2.55 bits per heavy atom. The minimum atomic E-state index is -3.72. The van der Waals surface area contributed by atoms with Gasteiger partial charge in [-0.05, 0) is 56.0 Å². The molecule has 0 fully saturated rings. The monoisotopic (exact) mass is 438 g/mol. The molecule has 2 rings (SSSR count). The van der Waals surface area contributed by atoms with E-state index in [1.54, 1.807) is 19.1 Å². The Bertz CT molecular complexity index is 963. The first-order valence-corrected chi connectivity index (χ1v) is 11.5. The Kier molecular flexibility index (Phi) is 7.93. The maximum atomic E-state index is 12.7. The lowest BCUT2D eigenvalue weighted by Gasteiger charge is -2.29. The molecule has 1 atom stereocenters. The Balaban J connectivity index is 2.10. The zero-order chi connectivity index (χ0) is 21.6. The minimum Gasteiger partial charge on any atom is -0.495 e. The number of halogens is 1. The van der Waals surface area contributed by atoms with Gasteiger partial charge in [-0.1, -0.05) is 35.9 Å². The van der Waals surface area contributed by atoms with Crippen LogP contribution in [0.25, 0.3) is 0 Å². The average Bonchev–Trinajstić information content (AvgIpc) is 2.65. The SMILES string of the molecule is COc1ccc(C)cc1N([C@H](C)C(=O)NCCCc1ccccc1Cl)S(C)(=O)=O. The van der Waals surface area contributed by atoms with Crippen LogP contribution in [-0.2, 0) is 21.2 Å². The van der Waals surface area contributed by atoms with Crippen LogP contribution in [0.4, 0.5) is 5.69 Å². The van der Waals surface area contributed by atoms with Gasteiger partial charge in [0.25, 0.3) is 0 Å². The molecule has 0 spiro atoms. The van der Waals surface area contributed by atoms with E-state index in [1.165, 1.54) is 7.11 Å².